The maximum atomic E-state index is 12.9. The average molecular weight is 449 g/mol. The smallest absolute Gasteiger partial charge is 0.223 e. The number of nitrogens with zero attached hydrogens (tertiary/aromatic N) is 2. The van der Waals surface area contributed by atoms with Crippen molar-refractivity contribution >= 4 is 23.3 Å². The number of hydrogen-bond acceptors (Lipinski definition) is 4. The van der Waals surface area contributed by atoms with Gasteiger partial charge in [-0.25, -0.2) is 0 Å². The Morgan fingerprint density at radius 1 is 0.969 bits per heavy atom. The van der Waals surface area contributed by atoms with Crippen LogP contribution >= 0.6 is 11.6 Å². The number of carbonyl (C=O) groups excluding carboxylic acids is 2. The van der Waals surface area contributed by atoms with Crippen LogP contribution in [0.4, 0.5) is 0 Å². The Labute approximate surface area is 192 Å². The first-order valence-corrected chi connectivity index (χ1v) is 11.6. The van der Waals surface area contributed by atoms with E-state index in [1.165, 1.54) is 24.0 Å². The normalized spacial score (nSPS) is 15.2. The summed E-state index contributed by atoms with van der Waals surface area (Å²) < 4.78 is 5.59. The third kappa shape index (κ3) is 4.22. The zero-order valence-electron chi connectivity index (χ0n) is 17.9. The van der Waals surface area contributed by atoms with Crippen LogP contribution in [-0.2, 0) is 30.6 Å². The van der Waals surface area contributed by atoms with Crippen molar-refractivity contribution in [3.05, 3.63) is 75.4 Å². The number of halogens is 1. The number of Topliss-reactive ketones (excluding diaryl/α,β-unsaturated/α-hetero) is 1. The monoisotopic (exact) mass is 448 g/mol. The summed E-state index contributed by atoms with van der Waals surface area (Å²) in [5.74, 6) is 0.709. The van der Waals surface area contributed by atoms with E-state index in [1.54, 1.807) is 4.90 Å². The number of carbonyl (C=O) groups is 2. The molecule has 3 aromatic rings. The zero-order valence-corrected chi connectivity index (χ0v) is 18.7. The molecule has 0 atom stereocenters. The molecule has 0 fully saturated rings. The number of hydrogen-bond donors (Lipinski definition) is 0. The standard InChI is InChI=1S/C26H25ClN2O3/c27-21-9-7-18(8-10-21)26-22-16-29(14-13-23(22)28-32-26)25(31)12-11-24(30)20-6-5-17-3-1-2-4-19(17)15-20/h5-10,15H,1-4,11-14,16H2. The maximum Gasteiger partial charge on any atom is 0.223 e. The second-order valence-corrected chi connectivity index (χ2v) is 9.06. The highest BCUT2D eigenvalue weighted by atomic mass is 35.5. The summed E-state index contributed by atoms with van der Waals surface area (Å²) >= 11 is 5.99. The quantitative estimate of drug-likeness (QED) is 0.489. The first-order chi connectivity index (χ1) is 15.6. The van der Waals surface area contributed by atoms with Crippen molar-refractivity contribution < 1.29 is 14.1 Å². The van der Waals surface area contributed by atoms with Gasteiger partial charge in [-0.1, -0.05) is 28.9 Å². The minimum absolute atomic E-state index is 0.00906. The largest absolute Gasteiger partial charge is 0.356 e. The van der Waals surface area contributed by atoms with Crippen LogP contribution < -0.4 is 0 Å². The Bertz CT molecular complexity index is 1170. The molecule has 164 valence electrons. The van der Waals surface area contributed by atoms with Gasteiger partial charge in [0.25, 0.3) is 0 Å². The predicted octanol–water partition coefficient (Wildman–Crippen LogP) is 5.42. The second kappa shape index (κ2) is 8.91. The van der Waals surface area contributed by atoms with Gasteiger partial charge in [-0.15, -0.1) is 0 Å². The van der Waals surface area contributed by atoms with Crippen molar-refractivity contribution in [3.63, 3.8) is 0 Å². The van der Waals surface area contributed by atoms with E-state index >= 15 is 0 Å². The van der Waals surface area contributed by atoms with Crippen molar-refractivity contribution in [2.45, 2.75) is 51.5 Å². The van der Waals surface area contributed by atoms with Gasteiger partial charge in [0, 0.05) is 47.5 Å². The number of ketones is 1. The molecule has 0 bridgehead atoms. The summed E-state index contributed by atoms with van der Waals surface area (Å²) in [6, 6.07) is 13.4. The Kier molecular flexibility index (Phi) is 5.83. The van der Waals surface area contributed by atoms with Crippen molar-refractivity contribution in [2.75, 3.05) is 6.54 Å². The third-order valence-corrected chi connectivity index (χ3v) is 6.78. The summed E-state index contributed by atoms with van der Waals surface area (Å²) in [4.78, 5) is 27.4. The van der Waals surface area contributed by atoms with Gasteiger partial charge < -0.3 is 9.42 Å². The van der Waals surface area contributed by atoms with E-state index in [0.29, 0.717) is 30.3 Å². The van der Waals surface area contributed by atoms with Crippen LogP contribution in [0.15, 0.2) is 47.0 Å². The molecule has 32 heavy (non-hydrogen) atoms. The molecule has 0 saturated carbocycles. The predicted molar refractivity (Wildman–Crippen MR) is 123 cm³/mol. The molecule has 2 heterocycles. The van der Waals surface area contributed by atoms with E-state index in [-0.39, 0.29) is 24.5 Å². The molecule has 5 rings (SSSR count). The van der Waals surface area contributed by atoms with Gasteiger partial charge in [-0.2, -0.15) is 0 Å². The fourth-order valence-corrected chi connectivity index (χ4v) is 4.81. The van der Waals surface area contributed by atoms with Crippen molar-refractivity contribution in [3.8, 4) is 11.3 Å². The van der Waals surface area contributed by atoms with Gasteiger partial charge in [0.1, 0.15) is 0 Å². The van der Waals surface area contributed by atoms with Crippen molar-refractivity contribution in [2.24, 2.45) is 0 Å². The van der Waals surface area contributed by atoms with E-state index in [2.05, 4.69) is 11.2 Å². The fourth-order valence-electron chi connectivity index (χ4n) is 4.68. The summed E-state index contributed by atoms with van der Waals surface area (Å²) in [6.45, 7) is 1.04. The lowest BCUT2D eigenvalue weighted by Crippen LogP contribution is -2.36. The fraction of sp³-hybridized carbons (Fsp3) is 0.346. The molecular formula is C26H25ClN2O3. The van der Waals surface area contributed by atoms with Crippen molar-refractivity contribution in [1.29, 1.82) is 0 Å². The lowest BCUT2D eigenvalue weighted by Gasteiger charge is -2.26. The van der Waals surface area contributed by atoms with Gasteiger partial charge in [-0.3, -0.25) is 9.59 Å². The van der Waals surface area contributed by atoms with E-state index in [4.69, 9.17) is 16.1 Å². The molecule has 2 aliphatic rings. The van der Waals surface area contributed by atoms with E-state index < -0.39 is 0 Å². The number of benzene rings is 2. The molecular weight excluding hydrogens is 424 g/mol. The summed E-state index contributed by atoms with van der Waals surface area (Å²) in [6.07, 6.45) is 5.64. The maximum absolute atomic E-state index is 12.9. The number of aryl methyl sites for hydroxylation is 2. The first-order valence-electron chi connectivity index (χ1n) is 11.2. The van der Waals surface area contributed by atoms with Gasteiger partial charge >= 0.3 is 0 Å². The summed E-state index contributed by atoms with van der Waals surface area (Å²) in [5.41, 5.74) is 6.10. The highest BCUT2D eigenvalue weighted by Gasteiger charge is 2.27. The van der Waals surface area contributed by atoms with E-state index in [9.17, 15) is 9.59 Å². The van der Waals surface area contributed by atoms with Gasteiger partial charge in [0.15, 0.2) is 11.5 Å². The Morgan fingerprint density at radius 3 is 2.56 bits per heavy atom. The topological polar surface area (TPSA) is 63.4 Å². The van der Waals surface area contributed by atoms with Gasteiger partial charge in [-0.05, 0) is 67.1 Å². The Balaban J connectivity index is 1.23. The minimum atomic E-state index is -0.00906. The summed E-state index contributed by atoms with van der Waals surface area (Å²) in [5, 5.41) is 4.85. The molecule has 0 unspecified atom stereocenters. The van der Waals surface area contributed by atoms with E-state index in [1.807, 2.05) is 36.4 Å². The van der Waals surface area contributed by atoms with Gasteiger partial charge in [0.2, 0.25) is 5.91 Å². The van der Waals surface area contributed by atoms with Crippen LogP contribution in [0.25, 0.3) is 11.3 Å². The second-order valence-electron chi connectivity index (χ2n) is 8.62. The lowest BCUT2D eigenvalue weighted by atomic mass is 9.89. The number of aromatic nitrogens is 1. The first kappa shape index (κ1) is 21.0. The van der Waals surface area contributed by atoms with Crippen molar-refractivity contribution in [1.82, 2.24) is 10.1 Å². The average Bonchev–Trinajstić information content (AvgIpc) is 3.25. The molecule has 0 radical (unpaired) electrons. The molecule has 1 aliphatic carbocycles. The molecule has 2 aromatic carbocycles. The van der Waals surface area contributed by atoms with Crippen LogP contribution in [0, 0.1) is 0 Å². The molecule has 6 heteroatoms. The molecule has 1 amide bonds. The lowest BCUT2D eigenvalue weighted by molar-refractivity contribution is -0.132. The minimum Gasteiger partial charge on any atom is -0.356 e. The van der Waals surface area contributed by atoms with Crippen LogP contribution in [0.3, 0.4) is 0 Å². The van der Waals surface area contributed by atoms with Crippen LogP contribution in [0.2, 0.25) is 5.02 Å². The Hall–Kier alpha value is -2.92. The molecule has 5 nitrogen and oxygen atoms in total. The number of fused-ring (bicyclic) bond motifs is 2. The highest BCUT2D eigenvalue weighted by molar-refractivity contribution is 6.30. The molecule has 0 saturated heterocycles. The molecule has 1 aromatic heterocycles. The van der Waals surface area contributed by atoms with Gasteiger partial charge in [0.05, 0.1) is 12.2 Å². The number of rotatable bonds is 5. The highest BCUT2D eigenvalue weighted by Crippen LogP contribution is 2.31. The molecule has 0 N–H and O–H groups in total. The SMILES string of the molecule is O=C(CCC(=O)N1CCc2noc(-c3ccc(Cl)cc3)c2C1)c1ccc2c(c1)CCCC2. The zero-order chi connectivity index (χ0) is 22.1. The van der Waals surface area contributed by atoms with E-state index in [0.717, 1.165) is 35.2 Å². The Morgan fingerprint density at radius 2 is 1.75 bits per heavy atom. The third-order valence-electron chi connectivity index (χ3n) is 6.53. The molecule has 0 spiro atoms. The van der Waals surface area contributed by atoms with Crippen LogP contribution in [0.5, 0.6) is 0 Å². The molecule has 1 aliphatic heterocycles. The number of amides is 1. The van der Waals surface area contributed by atoms with Crippen LogP contribution in [-0.4, -0.2) is 28.3 Å². The summed E-state index contributed by atoms with van der Waals surface area (Å²) in [7, 11) is 0. The van der Waals surface area contributed by atoms with Crippen LogP contribution in [0.1, 0.15) is 58.4 Å².